The molecule has 1 nitrogen and oxygen atoms in total. The first-order valence-electron chi connectivity index (χ1n) is 9.15. The summed E-state index contributed by atoms with van der Waals surface area (Å²) >= 11 is 0. The van der Waals surface area contributed by atoms with E-state index in [2.05, 4.69) is 18.3 Å². The van der Waals surface area contributed by atoms with Gasteiger partial charge in [0.15, 0.2) is 0 Å². The predicted molar refractivity (Wildman–Crippen MR) is 84.6 cm³/mol. The zero-order chi connectivity index (χ0) is 13.6. The van der Waals surface area contributed by atoms with Gasteiger partial charge >= 0.3 is 0 Å². The van der Waals surface area contributed by atoms with E-state index in [1.165, 1.54) is 51.5 Å². The topological polar surface area (TPSA) is 12.0 Å². The van der Waals surface area contributed by atoms with E-state index in [0.29, 0.717) is 5.41 Å². The van der Waals surface area contributed by atoms with Crippen molar-refractivity contribution in [2.24, 2.45) is 23.2 Å². The highest BCUT2D eigenvalue weighted by Crippen LogP contribution is 2.61. The van der Waals surface area contributed by atoms with Crippen molar-refractivity contribution in [3.63, 3.8) is 0 Å². The molecule has 4 fully saturated rings. The fraction of sp³-hybridized carbons (Fsp3) is 0.895. The summed E-state index contributed by atoms with van der Waals surface area (Å²) in [6.07, 6.45) is 17.2. The van der Waals surface area contributed by atoms with Gasteiger partial charge in [-0.1, -0.05) is 11.6 Å². The molecule has 5 aliphatic rings. The van der Waals surface area contributed by atoms with Gasteiger partial charge in [0.25, 0.3) is 0 Å². The Kier molecular flexibility index (Phi) is 3.45. The van der Waals surface area contributed by atoms with Crippen molar-refractivity contribution in [1.29, 1.82) is 0 Å². The normalized spacial score (nSPS) is 43.9. The summed E-state index contributed by atoms with van der Waals surface area (Å²) < 4.78 is 0. The van der Waals surface area contributed by atoms with Crippen LogP contribution in [0.2, 0.25) is 0 Å². The molecule has 5 rings (SSSR count). The van der Waals surface area contributed by atoms with E-state index >= 15 is 0 Å². The van der Waals surface area contributed by atoms with E-state index < -0.39 is 0 Å². The molecule has 20 heavy (non-hydrogen) atoms. The lowest BCUT2D eigenvalue weighted by Gasteiger charge is -2.59. The molecular formula is C19H31N. The quantitative estimate of drug-likeness (QED) is 0.717. The Balaban J connectivity index is 1.34. The number of hydrogen-bond acceptors (Lipinski definition) is 1. The average molecular weight is 273 g/mol. The lowest BCUT2D eigenvalue weighted by atomic mass is 9.48. The summed E-state index contributed by atoms with van der Waals surface area (Å²) in [7, 11) is 0. The first-order valence-corrected chi connectivity index (χ1v) is 9.15. The number of hydrogen-bond donors (Lipinski definition) is 1. The Morgan fingerprint density at radius 2 is 1.80 bits per heavy atom. The molecule has 1 heteroatoms. The van der Waals surface area contributed by atoms with Crippen LogP contribution in [0.15, 0.2) is 11.6 Å². The molecule has 1 unspecified atom stereocenters. The zero-order valence-electron chi connectivity index (χ0n) is 13.2. The molecule has 0 heterocycles. The van der Waals surface area contributed by atoms with Crippen LogP contribution in [0, 0.1) is 23.2 Å². The van der Waals surface area contributed by atoms with Gasteiger partial charge in [0, 0.05) is 6.04 Å². The van der Waals surface area contributed by atoms with Crippen LogP contribution in [0.4, 0.5) is 0 Å². The summed E-state index contributed by atoms with van der Waals surface area (Å²) in [5.41, 5.74) is 2.40. The minimum absolute atomic E-state index is 0.679. The van der Waals surface area contributed by atoms with Gasteiger partial charge in [-0.15, -0.1) is 0 Å². The van der Waals surface area contributed by atoms with Crippen molar-refractivity contribution in [2.45, 2.75) is 77.2 Å². The van der Waals surface area contributed by atoms with E-state index in [4.69, 9.17) is 0 Å². The van der Waals surface area contributed by atoms with Crippen molar-refractivity contribution < 1.29 is 0 Å². The number of rotatable bonds is 5. The van der Waals surface area contributed by atoms with E-state index in [0.717, 1.165) is 23.8 Å². The maximum absolute atomic E-state index is 3.93. The van der Waals surface area contributed by atoms with Gasteiger partial charge in [0.05, 0.1) is 0 Å². The fourth-order valence-electron chi connectivity index (χ4n) is 6.34. The Hall–Kier alpha value is -0.300. The lowest BCUT2D eigenvalue weighted by molar-refractivity contribution is -0.0702. The van der Waals surface area contributed by atoms with Gasteiger partial charge in [0.2, 0.25) is 0 Å². The summed E-state index contributed by atoms with van der Waals surface area (Å²) in [5.74, 6) is 3.26. The van der Waals surface area contributed by atoms with Gasteiger partial charge in [-0.2, -0.15) is 0 Å². The highest BCUT2D eigenvalue weighted by Gasteiger charge is 2.52. The SMILES string of the molecule is CC(NCCC1=CCCC1)C12CC3CC(CC(C3)C1)C2. The number of nitrogens with one attached hydrogen (secondary N) is 1. The molecule has 1 N–H and O–H groups in total. The smallest absolute Gasteiger partial charge is 0.00956 e. The minimum atomic E-state index is 0.679. The van der Waals surface area contributed by atoms with Gasteiger partial charge in [-0.25, -0.2) is 0 Å². The molecule has 1 atom stereocenters. The molecular weight excluding hydrogens is 242 g/mol. The Morgan fingerprint density at radius 1 is 1.15 bits per heavy atom. The molecule has 0 aromatic heterocycles. The Bertz CT molecular complexity index is 359. The molecule has 4 bridgehead atoms. The number of allylic oxidation sites excluding steroid dienone is 1. The van der Waals surface area contributed by atoms with Crippen molar-refractivity contribution in [1.82, 2.24) is 5.32 Å². The Labute approximate surface area is 124 Å². The molecule has 0 aromatic carbocycles. The minimum Gasteiger partial charge on any atom is -0.313 e. The van der Waals surface area contributed by atoms with Crippen LogP contribution in [-0.2, 0) is 0 Å². The standard InChI is InChI=1S/C19H31N/c1-14(20-7-6-15-4-2-3-5-15)19-11-16-8-17(12-19)10-18(9-16)13-19/h4,14,16-18,20H,2-3,5-13H2,1H3. The van der Waals surface area contributed by atoms with E-state index in [1.807, 2.05) is 0 Å². The first kappa shape index (κ1) is 13.4. The maximum Gasteiger partial charge on any atom is 0.00956 e. The highest BCUT2D eigenvalue weighted by atomic mass is 14.9. The summed E-state index contributed by atoms with van der Waals surface area (Å²) in [5, 5.41) is 3.93. The monoisotopic (exact) mass is 273 g/mol. The van der Waals surface area contributed by atoms with Crippen molar-refractivity contribution in [2.75, 3.05) is 6.54 Å². The molecule has 0 spiro atoms. The van der Waals surface area contributed by atoms with Crippen LogP contribution in [0.5, 0.6) is 0 Å². The first-order chi connectivity index (χ1) is 9.73. The van der Waals surface area contributed by atoms with Gasteiger partial charge in [-0.05, 0) is 101 Å². The fourth-order valence-corrected chi connectivity index (χ4v) is 6.34. The highest BCUT2D eigenvalue weighted by molar-refractivity contribution is 5.08. The Morgan fingerprint density at radius 3 is 2.35 bits per heavy atom. The molecule has 112 valence electrons. The molecule has 0 aliphatic heterocycles. The van der Waals surface area contributed by atoms with Crippen molar-refractivity contribution in [3.05, 3.63) is 11.6 Å². The second-order valence-electron chi connectivity index (χ2n) is 8.46. The van der Waals surface area contributed by atoms with Gasteiger partial charge in [0.1, 0.15) is 0 Å². The van der Waals surface area contributed by atoms with Crippen LogP contribution in [-0.4, -0.2) is 12.6 Å². The van der Waals surface area contributed by atoms with Crippen LogP contribution in [0.25, 0.3) is 0 Å². The second kappa shape index (κ2) is 5.16. The van der Waals surface area contributed by atoms with Crippen LogP contribution in [0.1, 0.15) is 71.1 Å². The molecule has 0 aromatic rings. The molecule has 0 saturated heterocycles. The summed E-state index contributed by atoms with van der Waals surface area (Å²) in [6, 6.07) is 0.748. The third-order valence-electron chi connectivity index (χ3n) is 7.04. The molecule has 0 amide bonds. The van der Waals surface area contributed by atoms with E-state index in [-0.39, 0.29) is 0 Å². The maximum atomic E-state index is 3.93. The second-order valence-corrected chi connectivity index (χ2v) is 8.46. The van der Waals surface area contributed by atoms with E-state index in [9.17, 15) is 0 Å². The predicted octanol–water partition coefficient (Wildman–Crippen LogP) is 4.68. The van der Waals surface area contributed by atoms with Crippen molar-refractivity contribution >= 4 is 0 Å². The van der Waals surface area contributed by atoms with Crippen LogP contribution < -0.4 is 5.32 Å². The third kappa shape index (κ3) is 2.36. The lowest BCUT2D eigenvalue weighted by Crippen LogP contribution is -2.55. The van der Waals surface area contributed by atoms with Crippen molar-refractivity contribution in [3.8, 4) is 0 Å². The molecule has 4 saturated carbocycles. The third-order valence-corrected chi connectivity index (χ3v) is 7.04. The zero-order valence-corrected chi connectivity index (χ0v) is 13.2. The summed E-state index contributed by atoms with van der Waals surface area (Å²) in [6.45, 7) is 3.71. The van der Waals surface area contributed by atoms with Gasteiger partial charge < -0.3 is 5.32 Å². The van der Waals surface area contributed by atoms with Crippen LogP contribution in [0.3, 0.4) is 0 Å². The molecule has 5 aliphatic carbocycles. The van der Waals surface area contributed by atoms with E-state index in [1.54, 1.807) is 24.8 Å². The average Bonchev–Trinajstić information content (AvgIpc) is 2.90. The summed E-state index contributed by atoms with van der Waals surface area (Å²) in [4.78, 5) is 0. The largest absolute Gasteiger partial charge is 0.313 e. The van der Waals surface area contributed by atoms with Gasteiger partial charge in [-0.3, -0.25) is 0 Å². The van der Waals surface area contributed by atoms with Crippen LogP contribution >= 0.6 is 0 Å². The molecule has 0 radical (unpaired) electrons.